The molecule has 8 heteroatoms. The molecule has 1 aromatic heterocycles. The average Bonchev–Trinajstić information content (AvgIpc) is 2.65. The lowest BCUT2D eigenvalue weighted by Crippen LogP contribution is -2.28. The predicted molar refractivity (Wildman–Crippen MR) is 87.3 cm³/mol. The van der Waals surface area contributed by atoms with Gasteiger partial charge in [-0.1, -0.05) is 24.3 Å². The highest BCUT2D eigenvalue weighted by atomic mass is 16.5. The van der Waals surface area contributed by atoms with Crippen molar-refractivity contribution in [3.8, 4) is 0 Å². The van der Waals surface area contributed by atoms with E-state index in [1.807, 2.05) is 0 Å². The number of ketones is 2. The molecule has 0 N–H and O–H groups in total. The summed E-state index contributed by atoms with van der Waals surface area (Å²) >= 11 is 0. The van der Waals surface area contributed by atoms with Crippen molar-refractivity contribution in [3.63, 3.8) is 0 Å². The van der Waals surface area contributed by atoms with E-state index < -0.39 is 34.9 Å². The average molecular weight is 354 g/mol. The summed E-state index contributed by atoms with van der Waals surface area (Å²) in [6, 6.07) is 6.20. The van der Waals surface area contributed by atoms with Gasteiger partial charge in [0.2, 0.25) is 11.6 Å². The molecule has 0 saturated carbocycles. The molecule has 1 aliphatic carbocycles. The molecule has 0 spiro atoms. The monoisotopic (exact) mass is 354 g/mol. The van der Waals surface area contributed by atoms with Crippen molar-refractivity contribution in [2.24, 2.45) is 0 Å². The summed E-state index contributed by atoms with van der Waals surface area (Å²) in [5.74, 6) is -2.96. The van der Waals surface area contributed by atoms with Crippen LogP contribution in [-0.2, 0) is 9.47 Å². The maximum atomic E-state index is 12.7. The van der Waals surface area contributed by atoms with Gasteiger partial charge in [0.25, 0.3) is 0 Å². The summed E-state index contributed by atoms with van der Waals surface area (Å²) in [6.45, 7) is 3.24. The van der Waals surface area contributed by atoms with Gasteiger partial charge in [0.05, 0.1) is 13.2 Å². The van der Waals surface area contributed by atoms with Crippen LogP contribution in [0.25, 0.3) is 0 Å². The van der Waals surface area contributed by atoms with Crippen LogP contribution in [0, 0.1) is 0 Å². The number of esters is 2. The first-order valence-corrected chi connectivity index (χ1v) is 7.94. The summed E-state index contributed by atoms with van der Waals surface area (Å²) in [5, 5.41) is 0. The second kappa shape index (κ2) is 6.83. The van der Waals surface area contributed by atoms with Crippen molar-refractivity contribution in [2.45, 2.75) is 13.8 Å². The minimum Gasteiger partial charge on any atom is -0.461 e. The van der Waals surface area contributed by atoms with Crippen LogP contribution >= 0.6 is 0 Å². The van der Waals surface area contributed by atoms with E-state index in [0.717, 1.165) is 0 Å². The maximum Gasteiger partial charge on any atom is 0.359 e. The Hall–Kier alpha value is -3.42. The van der Waals surface area contributed by atoms with Crippen LogP contribution in [0.2, 0.25) is 0 Å². The van der Waals surface area contributed by atoms with Gasteiger partial charge in [-0.3, -0.25) is 9.59 Å². The van der Waals surface area contributed by atoms with Crippen molar-refractivity contribution in [2.75, 3.05) is 13.2 Å². The van der Waals surface area contributed by atoms with Gasteiger partial charge in [-0.15, -0.1) is 0 Å². The molecule has 0 aliphatic heterocycles. The number of nitrogens with zero attached hydrogens (tertiary/aromatic N) is 2. The van der Waals surface area contributed by atoms with E-state index >= 15 is 0 Å². The zero-order valence-corrected chi connectivity index (χ0v) is 14.1. The normalized spacial score (nSPS) is 12.2. The van der Waals surface area contributed by atoms with E-state index in [0.29, 0.717) is 0 Å². The van der Waals surface area contributed by atoms with Gasteiger partial charge in [-0.05, 0) is 13.8 Å². The highest BCUT2D eigenvalue weighted by molar-refractivity contribution is 6.27. The first-order valence-electron chi connectivity index (χ1n) is 7.94. The Bertz CT molecular complexity index is 875. The molecule has 8 nitrogen and oxygen atoms in total. The number of rotatable bonds is 4. The lowest BCUT2D eigenvalue weighted by atomic mass is 9.89. The second-order valence-electron chi connectivity index (χ2n) is 5.26. The van der Waals surface area contributed by atoms with E-state index in [2.05, 4.69) is 9.97 Å². The van der Waals surface area contributed by atoms with Gasteiger partial charge in [-0.2, -0.15) is 0 Å². The van der Waals surface area contributed by atoms with Crippen LogP contribution in [-0.4, -0.2) is 46.7 Å². The molecular formula is C18H14N2O6. The third kappa shape index (κ3) is 2.75. The fraction of sp³-hybridized carbons (Fsp3) is 0.222. The van der Waals surface area contributed by atoms with E-state index in [9.17, 15) is 19.2 Å². The van der Waals surface area contributed by atoms with Crippen LogP contribution in [0.3, 0.4) is 0 Å². The van der Waals surface area contributed by atoms with Gasteiger partial charge in [-0.25, -0.2) is 19.6 Å². The molecular weight excluding hydrogens is 340 g/mol. The SMILES string of the molecule is CCOC(=O)c1nc2c(nc1C(=O)OCC)C(=O)c1ccccc1C2=O. The lowest BCUT2D eigenvalue weighted by molar-refractivity contribution is 0.0466. The molecule has 2 aromatic rings. The van der Waals surface area contributed by atoms with Gasteiger partial charge >= 0.3 is 11.9 Å². The van der Waals surface area contributed by atoms with E-state index in [4.69, 9.17) is 9.47 Å². The van der Waals surface area contributed by atoms with Crippen LogP contribution in [0.4, 0.5) is 0 Å². The quantitative estimate of drug-likeness (QED) is 0.649. The number of benzene rings is 1. The maximum absolute atomic E-state index is 12.7. The van der Waals surface area contributed by atoms with Crippen molar-refractivity contribution in [1.29, 1.82) is 0 Å². The smallest absolute Gasteiger partial charge is 0.359 e. The van der Waals surface area contributed by atoms with Crippen LogP contribution in [0.5, 0.6) is 0 Å². The molecule has 1 heterocycles. The first kappa shape index (κ1) is 17.4. The molecule has 0 fully saturated rings. The summed E-state index contributed by atoms with van der Waals surface area (Å²) in [4.78, 5) is 57.6. The molecule has 26 heavy (non-hydrogen) atoms. The van der Waals surface area contributed by atoms with E-state index in [1.54, 1.807) is 26.0 Å². The molecule has 0 unspecified atom stereocenters. The van der Waals surface area contributed by atoms with Crippen molar-refractivity contribution >= 4 is 23.5 Å². The van der Waals surface area contributed by atoms with E-state index in [-0.39, 0.29) is 35.7 Å². The van der Waals surface area contributed by atoms with Crippen molar-refractivity contribution in [3.05, 3.63) is 58.2 Å². The summed E-state index contributed by atoms with van der Waals surface area (Å²) < 4.78 is 9.75. The molecule has 3 rings (SSSR count). The molecule has 0 bridgehead atoms. The summed E-state index contributed by atoms with van der Waals surface area (Å²) in [6.07, 6.45) is 0. The fourth-order valence-corrected chi connectivity index (χ4v) is 2.57. The highest BCUT2D eigenvalue weighted by Crippen LogP contribution is 2.26. The molecule has 0 amide bonds. The second-order valence-corrected chi connectivity index (χ2v) is 5.26. The number of aromatic nitrogens is 2. The Balaban J connectivity index is 2.23. The zero-order chi connectivity index (χ0) is 18.8. The minimum atomic E-state index is -0.926. The Morgan fingerprint density at radius 1 is 0.808 bits per heavy atom. The number of carbonyl (C=O) groups is 4. The Morgan fingerprint density at radius 3 is 1.54 bits per heavy atom. The minimum absolute atomic E-state index is 0.0373. The number of carbonyl (C=O) groups excluding carboxylic acids is 4. The molecule has 0 atom stereocenters. The van der Waals surface area contributed by atoms with Gasteiger partial charge in [0, 0.05) is 11.1 Å². The van der Waals surface area contributed by atoms with E-state index in [1.165, 1.54) is 12.1 Å². The van der Waals surface area contributed by atoms with Crippen molar-refractivity contribution in [1.82, 2.24) is 9.97 Å². The molecule has 1 aromatic carbocycles. The molecule has 0 saturated heterocycles. The molecule has 0 radical (unpaired) electrons. The summed E-state index contributed by atoms with van der Waals surface area (Å²) in [7, 11) is 0. The summed E-state index contributed by atoms with van der Waals surface area (Å²) in [5.41, 5.74) is -1.15. The molecule has 1 aliphatic rings. The predicted octanol–water partition coefficient (Wildman–Crippen LogP) is 1.61. The number of fused-ring (bicyclic) bond motifs is 2. The largest absolute Gasteiger partial charge is 0.461 e. The lowest BCUT2D eigenvalue weighted by Gasteiger charge is -2.17. The van der Waals surface area contributed by atoms with Crippen molar-refractivity contribution < 1.29 is 28.7 Å². The third-order valence-electron chi connectivity index (χ3n) is 3.68. The highest BCUT2D eigenvalue weighted by Gasteiger charge is 2.36. The fourth-order valence-electron chi connectivity index (χ4n) is 2.57. The Morgan fingerprint density at radius 2 is 1.19 bits per heavy atom. The number of hydrogen-bond acceptors (Lipinski definition) is 8. The van der Waals surface area contributed by atoms with Crippen LogP contribution in [0.15, 0.2) is 24.3 Å². The van der Waals surface area contributed by atoms with Gasteiger partial charge < -0.3 is 9.47 Å². The first-order chi connectivity index (χ1) is 12.5. The van der Waals surface area contributed by atoms with Gasteiger partial charge in [0.1, 0.15) is 11.4 Å². The number of ether oxygens (including phenoxy) is 2. The topological polar surface area (TPSA) is 113 Å². The standard InChI is InChI=1S/C18H14N2O6/c1-3-25-17(23)13-14(18(24)26-4-2)20-12-11(19-13)15(21)9-7-5-6-8-10(9)16(12)22/h5-8H,3-4H2,1-2H3. The van der Waals surface area contributed by atoms with Crippen LogP contribution < -0.4 is 0 Å². The van der Waals surface area contributed by atoms with Gasteiger partial charge in [0.15, 0.2) is 11.4 Å². The Labute approximate surface area is 148 Å². The number of hydrogen-bond donors (Lipinski definition) is 0. The van der Waals surface area contributed by atoms with Crippen LogP contribution in [0.1, 0.15) is 66.9 Å². The zero-order valence-electron chi connectivity index (χ0n) is 14.1. The Kier molecular flexibility index (Phi) is 4.57. The molecule has 132 valence electrons. The third-order valence-corrected chi connectivity index (χ3v) is 3.68.